The van der Waals surface area contributed by atoms with Crippen molar-refractivity contribution in [3.8, 4) is 0 Å². The summed E-state index contributed by atoms with van der Waals surface area (Å²) in [4.78, 5) is 21.6. The second-order valence-corrected chi connectivity index (χ2v) is 3.65. The van der Waals surface area contributed by atoms with E-state index in [9.17, 15) is 14.0 Å². The number of nitrogens with one attached hydrogen (secondary N) is 1. The average molecular weight is 276 g/mol. The van der Waals surface area contributed by atoms with E-state index in [4.69, 9.17) is 5.11 Å². The quantitative estimate of drug-likeness (QED) is 0.870. The molecule has 0 saturated heterocycles. The zero-order valence-corrected chi connectivity index (χ0v) is 9.26. The first-order chi connectivity index (χ1) is 6.91. The highest BCUT2D eigenvalue weighted by Gasteiger charge is 2.16. The second kappa shape index (κ2) is 4.39. The van der Waals surface area contributed by atoms with Crippen molar-refractivity contribution in [3.05, 3.63) is 28.0 Å². The first-order valence-electron chi connectivity index (χ1n) is 3.91. The van der Waals surface area contributed by atoms with Crippen LogP contribution in [0.2, 0.25) is 0 Å². The second-order valence-electron chi connectivity index (χ2n) is 2.80. The lowest BCUT2D eigenvalue weighted by atomic mass is 10.1. The molecule has 1 aromatic rings. The number of hydrogen-bond acceptors (Lipinski definition) is 2. The number of carboxylic acids is 1. The van der Waals surface area contributed by atoms with Gasteiger partial charge >= 0.3 is 5.97 Å². The highest BCUT2D eigenvalue weighted by Crippen LogP contribution is 2.28. The Balaban J connectivity index is 3.33. The van der Waals surface area contributed by atoms with Crippen molar-refractivity contribution in [2.24, 2.45) is 0 Å². The van der Waals surface area contributed by atoms with Gasteiger partial charge in [0, 0.05) is 11.4 Å². The Hall–Kier alpha value is -1.43. The van der Waals surface area contributed by atoms with Crippen molar-refractivity contribution in [1.82, 2.24) is 0 Å². The van der Waals surface area contributed by atoms with Crippen LogP contribution < -0.4 is 5.32 Å². The lowest BCUT2D eigenvalue weighted by Gasteiger charge is -2.08. The first-order valence-corrected chi connectivity index (χ1v) is 4.71. The summed E-state index contributed by atoms with van der Waals surface area (Å²) >= 11 is 2.98. The third kappa shape index (κ3) is 2.76. The Labute approximate surface area is 93.2 Å². The van der Waals surface area contributed by atoms with E-state index >= 15 is 0 Å². The number of carboxylic acid groups (broad SMARTS) is 1. The van der Waals surface area contributed by atoms with Crippen LogP contribution in [0.25, 0.3) is 0 Å². The van der Waals surface area contributed by atoms with Crippen molar-refractivity contribution in [1.29, 1.82) is 0 Å². The molecular formula is C9H7BrFNO3. The van der Waals surface area contributed by atoms with E-state index in [1.54, 1.807) is 0 Å². The Bertz CT molecular complexity index is 434. The number of rotatable bonds is 2. The molecule has 1 rings (SSSR count). The van der Waals surface area contributed by atoms with Gasteiger partial charge in [0.2, 0.25) is 5.91 Å². The van der Waals surface area contributed by atoms with Gasteiger partial charge in [-0.25, -0.2) is 9.18 Å². The summed E-state index contributed by atoms with van der Waals surface area (Å²) < 4.78 is 13.1. The molecule has 4 nitrogen and oxygen atoms in total. The van der Waals surface area contributed by atoms with Gasteiger partial charge in [0.05, 0.1) is 11.3 Å². The van der Waals surface area contributed by atoms with Crippen LogP contribution in [0.4, 0.5) is 10.1 Å². The molecule has 0 saturated carbocycles. The van der Waals surface area contributed by atoms with Gasteiger partial charge in [0.1, 0.15) is 5.82 Å². The Morgan fingerprint density at radius 3 is 2.53 bits per heavy atom. The van der Waals surface area contributed by atoms with Crippen LogP contribution in [0, 0.1) is 5.82 Å². The van der Waals surface area contributed by atoms with Gasteiger partial charge in [-0.3, -0.25) is 4.79 Å². The van der Waals surface area contributed by atoms with E-state index < -0.39 is 17.7 Å². The van der Waals surface area contributed by atoms with Gasteiger partial charge in [-0.15, -0.1) is 0 Å². The van der Waals surface area contributed by atoms with E-state index in [1.165, 1.54) is 6.92 Å². The molecule has 15 heavy (non-hydrogen) atoms. The lowest BCUT2D eigenvalue weighted by Crippen LogP contribution is -2.11. The smallest absolute Gasteiger partial charge is 0.337 e. The Kier molecular flexibility index (Phi) is 3.41. The fraction of sp³-hybridized carbons (Fsp3) is 0.111. The van der Waals surface area contributed by atoms with Crippen molar-refractivity contribution in [3.63, 3.8) is 0 Å². The number of halogens is 2. The number of carbonyl (C=O) groups excluding carboxylic acids is 1. The third-order valence-electron chi connectivity index (χ3n) is 1.59. The Morgan fingerprint density at radius 2 is 2.07 bits per heavy atom. The highest BCUT2D eigenvalue weighted by atomic mass is 79.9. The molecule has 2 N–H and O–H groups in total. The van der Waals surface area contributed by atoms with Crippen LogP contribution in [0.3, 0.4) is 0 Å². The van der Waals surface area contributed by atoms with E-state index in [0.717, 1.165) is 12.1 Å². The van der Waals surface area contributed by atoms with Gasteiger partial charge in [-0.05, 0) is 28.1 Å². The lowest BCUT2D eigenvalue weighted by molar-refractivity contribution is -0.114. The molecule has 6 heteroatoms. The molecule has 0 aromatic heterocycles. The van der Waals surface area contributed by atoms with Gasteiger partial charge in [0.15, 0.2) is 0 Å². The maximum Gasteiger partial charge on any atom is 0.337 e. The number of hydrogen-bond donors (Lipinski definition) is 2. The summed E-state index contributed by atoms with van der Waals surface area (Å²) in [6, 6.07) is 1.93. The molecule has 0 unspecified atom stereocenters. The van der Waals surface area contributed by atoms with Crippen LogP contribution in [-0.2, 0) is 4.79 Å². The monoisotopic (exact) mass is 275 g/mol. The minimum absolute atomic E-state index is 0.0522. The summed E-state index contributed by atoms with van der Waals surface area (Å²) in [5.41, 5.74) is -0.242. The topological polar surface area (TPSA) is 66.4 Å². The average Bonchev–Trinajstić information content (AvgIpc) is 2.08. The van der Waals surface area contributed by atoms with E-state index in [-0.39, 0.29) is 15.7 Å². The van der Waals surface area contributed by atoms with Gasteiger partial charge in [-0.1, -0.05) is 0 Å². The number of amides is 1. The molecular weight excluding hydrogens is 269 g/mol. The zero-order valence-electron chi connectivity index (χ0n) is 7.67. The predicted octanol–water partition coefficient (Wildman–Crippen LogP) is 2.24. The molecule has 0 aliphatic carbocycles. The summed E-state index contributed by atoms with van der Waals surface area (Å²) in [5, 5.41) is 11.1. The maximum absolute atomic E-state index is 12.9. The molecule has 1 aromatic carbocycles. The van der Waals surface area contributed by atoms with Crippen LogP contribution in [0.5, 0.6) is 0 Å². The van der Waals surface area contributed by atoms with Crippen LogP contribution in [0.15, 0.2) is 16.6 Å². The van der Waals surface area contributed by atoms with Gasteiger partial charge in [-0.2, -0.15) is 0 Å². The number of anilines is 1. The summed E-state index contributed by atoms with van der Waals surface area (Å²) in [5.74, 6) is -2.42. The normalized spacial score (nSPS) is 9.80. The number of aromatic carboxylic acids is 1. The van der Waals surface area contributed by atoms with Crippen molar-refractivity contribution < 1.29 is 19.1 Å². The zero-order chi connectivity index (χ0) is 11.6. The van der Waals surface area contributed by atoms with Gasteiger partial charge < -0.3 is 10.4 Å². The SMILES string of the molecule is CC(=O)Nc1c(Br)cc(F)cc1C(=O)O. The Morgan fingerprint density at radius 1 is 1.47 bits per heavy atom. The molecule has 0 spiro atoms. The maximum atomic E-state index is 12.9. The van der Waals surface area contributed by atoms with Crippen LogP contribution in [-0.4, -0.2) is 17.0 Å². The summed E-state index contributed by atoms with van der Waals surface area (Å²) in [6.45, 7) is 1.24. The largest absolute Gasteiger partial charge is 0.478 e. The van der Waals surface area contributed by atoms with Crippen molar-refractivity contribution in [2.45, 2.75) is 6.92 Å². The van der Waals surface area contributed by atoms with Crippen molar-refractivity contribution >= 4 is 33.5 Å². The first kappa shape index (κ1) is 11.6. The number of benzene rings is 1. The third-order valence-corrected chi connectivity index (χ3v) is 2.21. The standard InChI is InChI=1S/C9H7BrFNO3/c1-4(13)12-8-6(9(14)15)2-5(11)3-7(8)10/h2-3H,1H3,(H,12,13)(H,14,15). The number of carbonyl (C=O) groups is 2. The molecule has 0 radical (unpaired) electrons. The minimum Gasteiger partial charge on any atom is -0.478 e. The highest BCUT2D eigenvalue weighted by molar-refractivity contribution is 9.10. The summed E-state index contributed by atoms with van der Waals surface area (Å²) in [6.07, 6.45) is 0. The van der Waals surface area contributed by atoms with Crippen LogP contribution in [0.1, 0.15) is 17.3 Å². The van der Waals surface area contributed by atoms with Gasteiger partial charge in [0.25, 0.3) is 0 Å². The van der Waals surface area contributed by atoms with E-state index in [1.807, 2.05) is 0 Å². The molecule has 1 amide bonds. The molecule has 0 aliphatic heterocycles. The molecule has 0 fully saturated rings. The molecule has 80 valence electrons. The van der Waals surface area contributed by atoms with Crippen LogP contribution >= 0.6 is 15.9 Å². The molecule has 0 heterocycles. The fourth-order valence-electron chi connectivity index (χ4n) is 1.05. The van der Waals surface area contributed by atoms with E-state index in [2.05, 4.69) is 21.2 Å². The van der Waals surface area contributed by atoms with Crippen molar-refractivity contribution in [2.75, 3.05) is 5.32 Å². The van der Waals surface area contributed by atoms with E-state index in [0.29, 0.717) is 0 Å². The molecule has 0 aliphatic rings. The fourth-order valence-corrected chi connectivity index (χ4v) is 1.58. The summed E-state index contributed by atoms with van der Waals surface area (Å²) in [7, 11) is 0. The molecule has 0 atom stereocenters. The minimum atomic E-state index is -1.31. The predicted molar refractivity (Wildman–Crippen MR) is 55.4 cm³/mol. The molecule has 0 bridgehead atoms.